The first-order valence-electron chi connectivity index (χ1n) is 6.39. The molecule has 96 valence electrons. The van der Waals surface area contributed by atoms with Crippen molar-refractivity contribution in [2.75, 3.05) is 6.61 Å². The summed E-state index contributed by atoms with van der Waals surface area (Å²) in [5.74, 6) is 0.102. The summed E-state index contributed by atoms with van der Waals surface area (Å²) in [6.07, 6.45) is 6.37. The standard InChI is InChI=1S/C15H19NO2/c17-11-14(10-12-6-2-1-3-7-12)16-15(18)13-8-4-5-9-13/h1-7,13-14,17H,8-11H2,(H,16,18). The second-order valence-electron chi connectivity index (χ2n) is 4.72. The maximum absolute atomic E-state index is 11.9. The van der Waals surface area contributed by atoms with Gasteiger partial charge in [0.25, 0.3) is 0 Å². The molecule has 0 radical (unpaired) electrons. The van der Waals surface area contributed by atoms with E-state index in [-0.39, 0.29) is 24.5 Å². The number of rotatable bonds is 5. The first kappa shape index (κ1) is 12.8. The zero-order valence-corrected chi connectivity index (χ0v) is 10.4. The summed E-state index contributed by atoms with van der Waals surface area (Å²) in [7, 11) is 0. The van der Waals surface area contributed by atoms with Crippen molar-refractivity contribution < 1.29 is 9.90 Å². The molecule has 0 spiro atoms. The summed E-state index contributed by atoms with van der Waals surface area (Å²) in [5, 5.41) is 12.3. The second kappa shape index (κ2) is 6.36. The normalized spacial score (nSPS) is 16.7. The van der Waals surface area contributed by atoms with Crippen molar-refractivity contribution in [3.8, 4) is 0 Å². The molecule has 1 atom stereocenters. The van der Waals surface area contributed by atoms with Crippen molar-refractivity contribution in [3.63, 3.8) is 0 Å². The van der Waals surface area contributed by atoms with Gasteiger partial charge in [0.15, 0.2) is 0 Å². The predicted molar refractivity (Wildman–Crippen MR) is 71.0 cm³/mol. The largest absolute Gasteiger partial charge is 0.394 e. The number of allylic oxidation sites excluding steroid dienone is 2. The lowest BCUT2D eigenvalue weighted by molar-refractivity contribution is -0.125. The summed E-state index contributed by atoms with van der Waals surface area (Å²) < 4.78 is 0. The van der Waals surface area contributed by atoms with Crippen molar-refractivity contribution in [2.45, 2.75) is 25.3 Å². The van der Waals surface area contributed by atoms with Gasteiger partial charge in [-0.2, -0.15) is 0 Å². The van der Waals surface area contributed by atoms with Crippen molar-refractivity contribution in [2.24, 2.45) is 5.92 Å². The average molecular weight is 245 g/mol. The van der Waals surface area contributed by atoms with Crippen LogP contribution < -0.4 is 5.32 Å². The first-order valence-corrected chi connectivity index (χ1v) is 6.39. The number of aliphatic hydroxyl groups excluding tert-OH is 1. The Hall–Kier alpha value is -1.61. The molecule has 0 saturated carbocycles. The van der Waals surface area contributed by atoms with Gasteiger partial charge in [0, 0.05) is 5.92 Å². The maximum Gasteiger partial charge on any atom is 0.224 e. The van der Waals surface area contributed by atoms with Crippen molar-refractivity contribution in [3.05, 3.63) is 48.0 Å². The van der Waals surface area contributed by atoms with Crippen LogP contribution in [0.5, 0.6) is 0 Å². The molecule has 1 aromatic rings. The Balaban J connectivity index is 1.87. The molecule has 3 nitrogen and oxygen atoms in total. The molecule has 0 aromatic heterocycles. The molecule has 0 saturated heterocycles. The molecular weight excluding hydrogens is 226 g/mol. The number of hydrogen-bond acceptors (Lipinski definition) is 2. The van der Waals surface area contributed by atoms with Crippen LogP contribution in [0.4, 0.5) is 0 Å². The van der Waals surface area contributed by atoms with Crippen LogP contribution in [0.3, 0.4) is 0 Å². The Morgan fingerprint density at radius 1 is 1.28 bits per heavy atom. The van der Waals surface area contributed by atoms with Gasteiger partial charge in [0.2, 0.25) is 5.91 Å². The Labute approximate surface area is 108 Å². The maximum atomic E-state index is 11.9. The molecule has 2 rings (SSSR count). The molecular formula is C15H19NO2. The number of benzene rings is 1. The van der Waals surface area contributed by atoms with E-state index < -0.39 is 0 Å². The molecule has 3 heteroatoms. The van der Waals surface area contributed by atoms with E-state index in [4.69, 9.17) is 0 Å². The van der Waals surface area contributed by atoms with Crippen LogP contribution in [0.25, 0.3) is 0 Å². The molecule has 1 aromatic carbocycles. The molecule has 0 aliphatic heterocycles. The first-order chi connectivity index (χ1) is 8.79. The molecule has 1 aliphatic rings. The van der Waals surface area contributed by atoms with Crippen LogP contribution in [0, 0.1) is 5.92 Å². The molecule has 1 aliphatic carbocycles. The highest BCUT2D eigenvalue weighted by Crippen LogP contribution is 2.18. The van der Waals surface area contributed by atoms with Crippen LogP contribution in [0.2, 0.25) is 0 Å². The lowest BCUT2D eigenvalue weighted by atomic mass is 10.0. The van der Waals surface area contributed by atoms with Crippen LogP contribution in [0.15, 0.2) is 42.5 Å². The minimum Gasteiger partial charge on any atom is -0.394 e. The third-order valence-electron chi connectivity index (χ3n) is 3.27. The smallest absolute Gasteiger partial charge is 0.224 e. The molecule has 0 heterocycles. The Morgan fingerprint density at radius 3 is 2.56 bits per heavy atom. The molecule has 1 unspecified atom stereocenters. The van der Waals surface area contributed by atoms with Gasteiger partial charge >= 0.3 is 0 Å². The summed E-state index contributed by atoms with van der Waals surface area (Å²) in [5.41, 5.74) is 1.13. The number of carbonyl (C=O) groups excluding carboxylic acids is 1. The van der Waals surface area contributed by atoms with Gasteiger partial charge in [0.1, 0.15) is 0 Å². The van der Waals surface area contributed by atoms with E-state index >= 15 is 0 Å². The van der Waals surface area contributed by atoms with Gasteiger partial charge in [-0.05, 0) is 24.8 Å². The molecule has 0 bridgehead atoms. The highest BCUT2D eigenvalue weighted by atomic mass is 16.3. The molecule has 1 amide bonds. The van der Waals surface area contributed by atoms with Gasteiger partial charge in [-0.25, -0.2) is 0 Å². The second-order valence-corrected chi connectivity index (χ2v) is 4.72. The fraction of sp³-hybridized carbons (Fsp3) is 0.400. The van der Waals surface area contributed by atoms with Crippen LogP contribution in [-0.2, 0) is 11.2 Å². The average Bonchev–Trinajstić information content (AvgIpc) is 2.93. The van der Waals surface area contributed by atoms with E-state index in [1.807, 2.05) is 42.5 Å². The van der Waals surface area contributed by atoms with E-state index in [0.717, 1.165) is 18.4 Å². The minimum atomic E-state index is -0.194. The summed E-state index contributed by atoms with van der Waals surface area (Å²) >= 11 is 0. The Kier molecular flexibility index (Phi) is 4.53. The highest BCUT2D eigenvalue weighted by molar-refractivity contribution is 5.79. The van der Waals surface area contributed by atoms with Crippen molar-refractivity contribution in [1.29, 1.82) is 0 Å². The van der Waals surface area contributed by atoms with Crippen molar-refractivity contribution >= 4 is 5.91 Å². The van der Waals surface area contributed by atoms with Crippen molar-refractivity contribution in [1.82, 2.24) is 5.32 Å². The molecule has 2 N–H and O–H groups in total. The molecule has 0 fully saturated rings. The number of hydrogen-bond donors (Lipinski definition) is 2. The van der Waals surface area contributed by atoms with E-state index in [9.17, 15) is 9.90 Å². The van der Waals surface area contributed by atoms with E-state index in [1.54, 1.807) is 0 Å². The van der Waals surface area contributed by atoms with Gasteiger partial charge in [-0.15, -0.1) is 0 Å². The van der Waals surface area contributed by atoms with Gasteiger partial charge in [-0.1, -0.05) is 42.5 Å². The van der Waals surface area contributed by atoms with E-state index in [0.29, 0.717) is 6.42 Å². The number of carbonyl (C=O) groups is 1. The lowest BCUT2D eigenvalue weighted by Crippen LogP contribution is -2.41. The predicted octanol–water partition coefficient (Wildman–Crippen LogP) is 1.67. The zero-order chi connectivity index (χ0) is 12.8. The summed E-state index contributed by atoms with van der Waals surface area (Å²) in [4.78, 5) is 11.9. The highest BCUT2D eigenvalue weighted by Gasteiger charge is 2.21. The summed E-state index contributed by atoms with van der Waals surface area (Å²) in [6.45, 7) is -0.0270. The van der Waals surface area contributed by atoms with Crippen LogP contribution in [-0.4, -0.2) is 23.7 Å². The number of aliphatic hydroxyl groups is 1. The van der Waals surface area contributed by atoms with Crippen LogP contribution >= 0.6 is 0 Å². The summed E-state index contributed by atoms with van der Waals surface area (Å²) in [6, 6.07) is 9.71. The third kappa shape index (κ3) is 3.44. The van der Waals surface area contributed by atoms with E-state index in [1.165, 1.54) is 0 Å². The van der Waals surface area contributed by atoms with Gasteiger partial charge in [-0.3, -0.25) is 4.79 Å². The fourth-order valence-electron chi connectivity index (χ4n) is 2.21. The quantitative estimate of drug-likeness (QED) is 0.775. The minimum absolute atomic E-state index is 0.0270. The topological polar surface area (TPSA) is 49.3 Å². The van der Waals surface area contributed by atoms with E-state index in [2.05, 4.69) is 5.32 Å². The lowest BCUT2D eigenvalue weighted by Gasteiger charge is -2.19. The fourth-order valence-corrected chi connectivity index (χ4v) is 2.21. The number of amides is 1. The Bertz CT molecular complexity index is 406. The van der Waals surface area contributed by atoms with Gasteiger partial charge in [0.05, 0.1) is 12.6 Å². The molecule has 18 heavy (non-hydrogen) atoms. The van der Waals surface area contributed by atoms with Gasteiger partial charge < -0.3 is 10.4 Å². The third-order valence-corrected chi connectivity index (χ3v) is 3.27. The number of nitrogens with one attached hydrogen (secondary N) is 1. The Morgan fingerprint density at radius 2 is 1.94 bits per heavy atom. The monoisotopic (exact) mass is 245 g/mol. The van der Waals surface area contributed by atoms with Crippen LogP contribution in [0.1, 0.15) is 18.4 Å². The zero-order valence-electron chi connectivity index (χ0n) is 10.4. The SMILES string of the molecule is O=C(NC(CO)Cc1ccccc1)C1CC=CC1.